The van der Waals surface area contributed by atoms with Crippen LogP contribution in [0.5, 0.6) is 0 Å². The van der Waals surface area contributed by atoms with Gasteiger partial charge >= 0.3 is 5.69 Å². The van der Waals surface area contributed by atoms with Crippen LogP contribution in [0.4, 0.5) is 0 Å². The van der Waals surface area contributed by atoms with Crippen LogP contribution in [0.2, 0.25) is 0 Å². The SMILES string of the molecule is N#Cc1c(SCC(=O)NC2CC2)sc2c(=O)[nH]c(=O)[nH]c12. The van der Waals surface area contributed by atoms with E-state index in [1.54, 1.807) is 0 Å². The Morgan fingerprint density at radius 1 is 1.43 bits per heavy atom. The summed E-state index contributed by atoms with van der Waals surface area (Å²) in [7, 11) is 0. The van der Waals surface area contributed by atoms with Gasteiger partial charge in [-0.15, -0.1) is 23.1 Å². The second-order valence-corrected chi connectivity index (χ2v) is 6.88. The van der Waals surface area contributed by atoms with Gasteiger partial charge in [-0.25, -0.2) is 4.79 Å². The molecule has 3 rings (SSSR count). The van der Waals surface area contributed by atoms with Gasteiger partial charge in [0.15, 0.2) is 0 Å². The fraction of sp³-hybridized carbons (Fsp3) is 0.333. The van der Waals surface area contributed by atoms with Crippen molar-refractivity contribution in [3.63, 3.8) is 0 Å². The molecule has 3 N–H and O–H groups in total. The quantitative estimate of drug-likeness (QED) is 0.709. The normalized spacial score (nSPS) is 14.0. The Hall–Kier alpha value is -2.05. The summed E-state index contributed by atoms with van der Waals surface area (Å²) >= 11 is 2.31. The number of carbonyl (C=O) groups excluding carboxylic acids is 1. The smallest absolute Gasteiger partial charge is 0.326 e. The average molecular weight is 322 g/mol. The highest BCUT2D eigenvalue weighted by Crippen LogP contribution is 2.34. The molecule has 0 aliphatic heterocycles. The van der Waals surface area contributed by atoms with Crippen molar-refractivity contribution in [1.82, 2.24) is 15.3 Å². The maximum Gasteiger partial charge on any atom is 0.326 e. The summed E-state index contributed by atoms with van der Waals surface area (Å²) < 4.78 is 0.849. The fourth-order valence-electron chi connectivity index (χ4n) is 1.83. The van der Waals surface area contributed by atoms with Gasteiger partial charge in [-0.05, 0) is 12.8 Å². The van der Waals surface area contributed by atoms with E-state index in [1.165, 1.54) is 11.8 Å². The van der Waals surface area contributed by atoms with Gasteiger partial charge in [0.05, 0.1) is 15.5 Å². The van der Waals surface area contributed by atoms with Crippen molar-refractivity contribution < 1.29 is 4.79 Å². The molecule has 1 saturated carbocycles. The topological polar surface area (TPSA) is 119 Å². The predicted octanol–water partition coefficient (Wildman–Crippen LogP) is 0.520. The van der Waals surface area contributed by atoms with Crippen LogP contribution in [0.15, 0.2) is 13.8 Å². The number of rotatable bonds is 4. The number of carbonyl (C=O) groups is 1. The number of thioether (sulfide) groups is 1. The van der Waals surface area contributed by atoms with Crippen LogP contribution in [0.25, 0.3) is 10.2 Å². The first-order valence-corrected chi connectivity index (χ1v) is 8.00. The molecule has 0 spiro atoms. The molecule has 1 aliphatic rings. The van der Waals surface area contributed by atoms with Crippen LogP contribution >= 0.6 is 23.1 Å². The van der Waals surface area contributed by atoms with Gasteiger partial charge < -0.3 is 10.3 Å². The molecule has 2 aromatic heterocycles. The second kappa shape index (κ2) is 5.38. The summed E-state index contributed by atoms with van der Waals surface area (Å²) in [6.45, 7) is 0. The first kappa shape index (κ1) is 13.9. The Bertz CT molecular complexity index is 869. The van der Waals surface area contributed by atoms with E-state index in [1.807, 2.05) is 6.07 Å². The molecule has 1 amide bonds. The van der Waals surface area contributed by atoms with E-state index in [9.17, 15) is 19.6 Å². The Morgan fingerprint density at radius 2 is 2.19 bits per heavy atom. The molecule has 0 bridgehead atoms. The van der Waals surface area contributed by atoms with E-state index in [4.69, 9.17) is 0 Å². The molecule has 0 saturated heterocycles. The lowest BCUT2D eigenvalue weighted by atomic mass is 10.3. The molecule has 0 aromatic carbocycles. The molecule has 108 valence electrons. The zero-order valence-corrected chi connectivity index (χ0v) is 12.3. The van der Waals surface area contributed by atoms with Crippen molar-refractivity contribution in [3.8, 4) is 6.07 Å². The molecule has 9 heteroatoms. The largest absolute Gasteiger partial charge is 0.353 e. The zero-order chi connectivity index (χ0) is 15.0. The van der Waals surface area contributed by atoms with Gasteiger partial charge in [-0.2, -0.15) is 5.26 Å². The maximum atomic E-state index is 11.7. The highest BCUT2D eigenvalue weighted by atomic mass is 32.2. The van der Waals surface area contributed by atoms with Crippen LogP contribution in [-0.2, 0) is 4.79 Å². The van der Waals surface area contributed by atoms with E-state index in [0.29, 0.717) is 4.21 Å². The third-order valence-electron chi connectivity index (χ3n) is 2.94. The van der Waals surface area contributed by atoms with E-state index in [2.05, 4.69) is 15.3 Å². The zero-order valence-electron chi connectivity index (χ0n) is 10.7. The summed E-state index contributed by atoms with van der Waals surface area (Å²) in [5, 5.41) is 12.1. The van der Waals surface area contributed by atoms with Crippen molar-refractivity contribution in [2.45, 2.75) is 23.1 Å². The molecule has 1 fully saturated rings. The van der Waals surface area contributed by atoms with Gasteiger partial charge in [0, 0.05) is 6.04 Å². The Labute approximate surface area is 126 Å². The lowest BCUT2D eigenvalue weighted by molar-refractivity contribution is -0.118. The summed E-state index contributed by atoms with van der Waals surface area (Å²) in [5.74, 6) is 0.0893. The van der Waals surface area contributed by atoms with Crippen LogP contribution in [-0.4, -0.2) is 27.7 Å². The summed E-state index contributed by atoms with van der Waals surface area (Å²) in [5.41, 5.74) is -0.696. The van der Waals surface area contributed by atoms with Gasteiger partial charge in [0.2, 0.25) is 5.91 Å². The maximum absolute atomic E-state index is 11.7. The molecule has 0 radical (unpaired) electrons. The van der Waals surface area contributed by atoms with Crippen molar-refractivity contribution >= 4 is 39.2 Å². The van der Waals surface area contributed by atoms with Crippen molar-refractivity contribution in [2.24, 2.45) is 0 Å². The third-order valence-corrected chi connectivity index (χ3v) is 5.40. The van der Waals surface area contributed by atoms with Crippen molar-refractivity contribution in [3.05, 3.63) is 26.4 Å². The minimum atomic E-state index is -0.648. The number of thiophene rings is 1. The molecule has 2 heterocycles. The third kappa shape index (κ3) is 2.86. The van der Waals surface area contributed by atoms with Crippen LogP contribution in [0.3, 0.4) is 0 Å². The Kier molecular flexibility index (Phi) is 3.57. The molecule has 7 nitrogen and oxygen atoms in total. The number of nitriles is 1. The Morgan fingerprint density at radius 3 is 2.86 bits per heavy atom. The number of aromatic amines is 2. The number of fused-ring (bicyclic) bond motifs is 1. The van der Waals surface area contributed by atoms with Crippen LogP contribution < -0.4 is 16.6 Å². The highest BCUT2D eigenvalue weighted by Gasteiger charge is 2.23. The number of hydrogen-bond acceptors (Lipinski definition) is 6. The molecular formula is C12H10N4O3S2. The molecule has 1 aliphatic carbocycles. The fourth-order valence-corrected chi connectivity index (χ4v) is 3.96. The van der Waals surface area contributed by atoms with Gasteiger partial charge in [-0.1, -0.05) is 0 Å². The number of aromatic nitrogens is 2. The summed E-state index contributed by atoms with van der Waals surface area (Å²) in [6.07, 6.45) is 2.03. The average Bonchev–Trinajstić information content (AvgIpc) is 3.16. The first-order chi connectivity index (χ1) is 10.1. The first-order valence-electron chi connectivity index (χ1n) is 6.20. The second-order valence-electron chi connectivity index (χ2n) is 4.62. The van der Waals surface area contributed by atoms with Gasteiger partial charge in [-0.3, -0.25) is 14.6 Å². The molecule has 0 atom stereocenters. The van der Waals surface area contributed by atoms with E-state index in [-0.39, 0.29) is 33.5 Å². The minimum absolute atomic E-state index is 0.0914. The molecular weight excluding hydrogens is 312 g/mol. The van der Waals surface area contributed by atoms with Gasteiger partial charge in [0.1, 0.15) is 16.3 Å². The van der Waals surface area contributed by atoms with Crippen molar-refractivity contribution in [1.29, 1.82) is 5.26 Å². The van der Waals surface area contributed by atoms with Crippen molar-refractivity contribution in [2.75, 3.05) is 5.75 Å². The Balaban J connectivity index is 1.89. The number of nitrogens with one attached hydrogen (secondary N) is 3. The monoisotopic (exact) mass is 322 g/mol. The van der Waals surface area contributed by atoms with E-state index < -0.39 is 11.2 Å². The van der Waals surface area contributed by atoms with Crippen LogP contribution in [0, 0.1) is 11.3 Å². The highest BCUT2D eigenvalue weighted by molar-refractivity contribution is 8.02. The summed E-state index contributed by atoms with van der Waals surface area (Å²) in [6, 6.07) is 2.27. The molecule has 21 heavy (non-hydrogen) atoms. The van der Waals surface area contributed by atoms with Gasteiger partial charge in [0.25, 0.3) is 5.56 Å². The minimum Gasteiger partial charge on any atom is -0.353 e. The number of nitrogens with zero attached hydrogens (tertiary/aromatic N) is 1. The standard InChI is InChI=1S/C12H10N4O3S2/c13-3-6-8-9(10(18)16-12(19)15-8)21-11(6)20-4-7(17)14-5-1-2-5/h5H,1-2,4H2,(H,14,17)(H2,15,16,18,19). The predicted molar refractivity (Wildman–Crippen MR) is 79.7 cm³/mol. The van der Waals surface area contributed by atoms with E-state index in [0.717, 1.165) is 24.2 Å². The summed E-state index contributed by atoms with van der Waals surface area (Å²) in [4.78, 5) is 39.3. The van der Waals surface area contributed by atoms with E-state index >= 15 is 0 Å². The van der Waals surface area contributed by atoms with Crippen LogP contribution in [0.1, 0.15) is 18.4 Å². The number of amides is 1. The molecule has 0 unspecified atom stereocenters. The number of hydrogen-bond donors (Lipinski definition) is 3. The lowest BCUT2D eigenvalue weighted by Gasteiger charge is -2.01. The number of H-pyrrole nitrogens is 2. The lowest BCUT2D eigenvalue weighted by Crippen LogP contribution is -2.26. The molecule has 2 aromatic rings.